The van der Waals surface area contributed by atoms with Gasteiger partial charge in [0, 0.05) is 56.4 Å². The molecule has 2 aliphatic rings. The first kappa shape index (κ1) is 18.7. The standard InChI is InChI=1S/C22H24ClN5O/c1-29-19-10-17-9-18(23)4-5-20(17)28-21(11-19)25-26-22(28)16-6-8-27(14-16)13-15-3-2-7-24-12-15/h2-5,7,9,12,16,19H,6,8,10-11,13-14H2,1H3/t16-,19?/m1/s1. The molecule has 1 aromatic carbocycles. The largest absolute Gasteiger partial charge is 0.381 e. The molecule has 1 fully saturated rings. The Morgan fingerprint density at radius 1 is 1.21 bits per heavy atom. The summed E-state index contributed by atoms with van der Waals surface area (Å²) in [7, 11) is 1.76. The van der Waals surface area contributed by atoms with Gasteiger partial charge in [-0.1, -0.05) is 17.7 Å². The topological polar surface area (TPSA) is 56.1 Å². The number of nitrogens with zero attached hydrogens (tertiary/aromatic N) is 5. The van der Waals surface area contributed by atoms with E-state index in [-0.39, 0.29) is 6.10 Å². The maximum Gasteiger partial charge on any atom is 0.142 e. The van der Waals surface area contributed by atoms with Gasteiger partial charge in [0.05, 0.1) is 11.8 Å². The molecule has 4 heterocycles. The first-order chi connectivity index (χ1) is 14.2. The first-order valence-corrected chi connectivity index (χ1v) is 10.5. The SMILES string of the molecule is COC1Cc2cc(Cl)ccc2-n2c(nnc2[C@@H]2CCN(Cc3cccnc3)C2)C1. The van der Waals surface area contributed by atoms with Crippen molar-refractivity contribution in [3.05, 3.63) is 70.5 Å². The summed E-state index contributed by atoms with van der Waals surface area (Å²) in [5.41, 5.74) is 3.57. The van der Waals surface area contributed by atoms with Crippen LogP contribution in [0.2, 0.25) is 5.02 Å². The van der Waals surface area contributed by atoms with Crippen molar-refractivity contribution >= 4 is 11.6 Å². The minimum atomic E-state index is 0.0798. The Bertz CT molecular complexity index is 1010. The Morgan fingerprint density at radius 3 is 2.97 bits per heavy atom. The molecule has 2 aliphatic heterocycles. The third kappa shape index (κ3) is 3.68. The molecule has 2 aromatic heterocycles. The summed E-state index contributed by atoms with van der Waals surface area (Å²) in [4.78, 5) is 6.71. The van der Waals surface area contributed by atoms with Crippen molar-refractivity contribution in [3.8, 4) is 5.69 Å². The van der Waals surface area contributed by atoms with Crippen molar-refractivity contribution in [3.63, 3.8) is 0 Å². The van der Waals surface area contributed by atoms with E-state index < -0.39 is 0 Å². The fourth-order valence-electron chi connectivity index (χ4n) is 4.55. The molecule has 0 amide bonds. The van der Waals surface area contributed by atoms with E-state index in [0.717, 1.165) is 61.3 Å². The molecule has 29 heavy (non-hydrogen) atoms. The van der Waals surface area contributed by atoms with Crippen molar-refractivity contribution in [1.82, 2.24) is 24.6 Å². The summed E-state index contributed by atoms with van der Waals surface area (Å²) in [6.07, 6.45) is 6.50. The Morgan fingerprint density at radius 2 is 2.14 bits per heavy atom. The van der Waals surface area contributed by atoms with E-state index in [0.29, 0.717) is 5.92 Å². The highest BCUT2D eigenvalue weighted by molar-refractivity contribution is 6.30. The minimum absolute atomic E-state index is 0.0798. The molecular formula is C22H24ClN5O. The van der Waals surface area contributed by atoms with E-state index in [4.69, 9.17) is 16.3 Å². The number of benzene rings is 1. The van der Waals surface area contributed by atoms with Crippen LogP contribution in [-0.4, -0.2) is 51.0 Å². The number of pyridine rings is 1. The van der Waals surface area contributed by atoms with Crippen LogP contribution < -0.4 is 0 Å². The highest BCUT2D eigenvalue weighted by Gasteiger charge is 2.32. The Balaban J connectivity index is 1.45. The molecule has 0 radical (unpaired) electrons. The zero-order chi connectivity index (χ0) is 19.8. The van der Waals surface area contributed by atoms with Gasteiger partial charge in [0.2, 0.25) is 0 Å². The number of hydrogen-bond donors (Lipinski definition) is 0. The Labute approximate surface area is 175 Å². The molecule has 0 spiro atoms. The monoisotopic (exact) mass is 409 g/mol. The molecule has 0 N–H and O–H groups in total. The molecule has 1 saturated heterocycles. The van der Waals surface area contributed by atoms with E-state index in [2.05, 4.69) is 36.8 Å². The van der Waals surface area contributed by atoms with Crippen LogP contribution in [0.3, 0.4) is 0 Å². The second kappa shape index (κ2) is 7.86. The van der Waals surface area contributed by atoms with Crippen LogP contribution in [0.1, 0.15) is 35.1 Å². The predicted octanol–water partition coefficient (Wildman–Crippen LogP) is 3.42. The number of fused-ring (bicyclic) bond motifs is 3. The third-order valence-electron chi connectivity index (χ3n) is 6.00. The van der Waals surface area contributed by atoms with Crippen LogP contribution in [0, 0.1) is 0 Å². The average molecular weight is 410 g/mol. The van der Waals surface area contributed by atoms with Gasteiger partial charge in [0.25, 0.3) is 0 Å². The highest BCUT2D eigenvalue weighted by atomic mass is 35.5. The summed E-state index contributed by atoms with van der Waals surface area (Å²) in [5, 5.41) is 9.95. The molecule has 3 aromatic rings. The summed E-state index contributed by atoms with van der Waals surface area (Å²) in [6.45, 7) is 2.95. The lowest BCUT2D eigenvalue weighted by molar-refractivity contribution is 0.103. The van der Waals surface area contributed by atoms with Crippen molar-refractivity contribution in [1.29, 1.82) is 0 Å². The summed E-state index contributed by atoms with van der Waals surface area (Å²) in [6, 6.07) is 10.2. The number of likely N-dealkylation sites (tertiary alicyclic amines) is 1. The van der Waals surface area contributed by atoms with Gasteiger partial charge >= 0.3 is 0 Å². The number of methoxy groups -OCH3 is 1. The fraction of sp³-hybridized carbons (Fsp3) is 0.409. The molecule has 0 saturated carbocycles. The first-order valence-electron chi connectivity index (χ1n) is 10.1. The number of hydrogen-bond acceptors (Lipinski definition) is 5. The van der Waals surface area contributed by atoms with E-state index >= 15 is 0 Å². The summed E-state index contributed by atoms with van der Waals surface area (Å²) < 4.78 is 7.96. The van der Waals surface area contributed by atoms with Gasteiger partial charge in [-0.3, -0.25) is 14.5 Å². The molecule has 150 valence electrons. The smallest absolute Gasteiger partial charge is 0.142 e. The predicted molar refractivity (Wildman–Crippen MR) is 111 cm³/mol. The molecule has 5 rings (SSSR count). The number of ether oxygens (including phenoxy) is 1. The lowest BCUT2D eigenvalue weighted by Gasteiger charge is -2.17. The van der Waals surface area contributed by atoms with Gasteiger partial charge in [0.15, 0.2) is 0 Å². The Kier molecular flexibility index (Phi) is 5.08. The van der Waals surface area contributed by atoms with Crippen molar-refractivity contribution < 1.29 is 4.74 Å². The van der Waals surface area contributed by atoms with Crippen LogP contribution >= 0.6 is 11.6 Å². The maximum absolute atomic E-state index is 6.29. The lowest BCUT2D eigenvalue weighted by Crippen LogP contribution is -2.20. The molecular weight excluding hydrogens is 386 g/mol. The van der Waals surface area contributed by atoms with E-state index in [1.54, 1.807) is 7.11 Å². The number of halogens is 1. The Hall–Kier alpha value is -2.28. The van der Waals surface area contributed by atoms with E-state index in [9.17, 15) is 0 Å². The molecule has 1 unspecified atom stereocenters. The van der Waals surface area contributed by atoms with Crippen LogP contribution in [0.4, 0.5) is 0 Å². The molecule has 0 aliphatic carbocycles. The number of aromatic nitrogens is 4. The lowest BCUT2D eigenvalue weighted by atomic mass is 10.0. The van der Waals surface area contributed by atoms with Gasteiger partial charge in [-0.2, -0.15) is 0 Å². The molecule has 6 nitrogen and oxygen atoms in total. The van der Waals surface area contributed by atoms with Gasteiger partial charge in [-0.05, 0) is 48.4 Å². The van der Waals surface area contributed by atoms with Crippen molar-refractivity contribution in [2.24, 2.45) is 0 Å². The second-order valence-corrected chi connectivity index (χ2v) is 8.37. The minimum Gasteiger partial charge on any atom is -0.381 e. The highest BCUT2D eigenvalue weighted by Crippen LogP contribution is 2.33. The van der Waals surface area contributed by atoms with E-state index in [1.165, 1.54) is 11.1 Å². The third-order valence-corrected chi connectivity index (χ3v) is 6.23. The average Bonchev–Trinajstić information content (AvgIpc) is 3.32. The van der Waals surface area contributed by atoms with Crippen LogP contribution in [0.15, 0.2) is 42.7 Å². The van der Waals surface area contributed by atoms with Crippen LogP contribution in [0.5, 0.6) is 0 Å². The maximum atomic E-state index is 6.29. The van der Waals surface area contributed by atoms with Gasteiger partial charge in [0.1, 0.15) is 11.6 Å². The van der Waals surface area contributed by atoms with Gasteiger partial charge < -0.3 is 4.74 Å². The zero-order valence-electron chi connectivity index (χ0n) is 16.5. The van der Waals surface area contributed by atoms with Crippen molar-refractivity contribution in [2.75, 3.05) is 20.2 Å². The fourth-order valence-corrected chi connectivity index (χ4v) is 4.74. The normalized spacial score (nSPS) is 21.6. The second-order valence-electron chi connectivity index (χ2n) is 7.93. The molecule has 2 atom stereocenters. The van der Waals surface area contributed by atoms with Crippen molar-refractivity contribution in [2.45, 2.75) is 37.8 Å². The quantitative estimate of drug-likeness (QED) is 0.660. The number of rotatable bonds is 4. The summed E-state index contributed by atoms with van der Waals surface area (Å²) in [5.74, 6) is 2.38. The zero-order valence-corrected chi connectivity index (χ0v) is 17.2. The van der Waals surface area contributed by atoms with Gasteiger partial charge in [-0.25, -0.2) is 0 Å². The van der Waals surface area contributed by atoms with Gasteiger partial charge in [-0.15, -0.1) is 10.2 Å². The summed E-state index contributed by atoms with van der Waals surface area (Å²) >= 11 is 6.29. The van der Waals surface area contributed by atoms with Crippen LogP contribution in [0.25, 0.3) is 5.69 Å². The molecule has 7 heteroatoms. The van der Waals surface area contributed by atoms with Crippen LogP contribution in [-0.2, 0) is 24.1 Å². The van der Waals surface area contributed by atoms with E-state index in [1.807, 2.05) is 30.6 Å². The molecule has 0 bridgehead atoms.